The first-order chi connectivity index (χ1) is 9.11. The third kappa shape index (κ3) is 2.99. The number of anilines is 2. The second-order valence-corrected chi connectivity index (χ2v) is 4.40. The van der Waals surface area contributed by atoms with Crippen molar-refractivity contribution in [1.82, 2.24) is 9.97 Å². The lowest BCUT2D eigenvalue weighted by molar-refractivity contribution is 0.607. The smallest absolute Gasteiger partial charge is 0.224 e. The molecule has 0 aliphatic rings. The Morgan fingerprint density at radius 3 is 2.74 bits per heavy atom. The van der Waals surface area contributed by atoms with Crippen LogP contribution in [-0.4, -0.2) is 24.1 Å². The lowest BCUT2D eigenvalue weighted by Crippen LogP contribution is -2.20. The van der Waals surface area contributed by atoms with E-state index >= 15 is 0 Å². The molecule has 0 unspecified atom stereocenters. The van der Waals surface area contributed by atoms with Gasteiger partial charge in [0.05, 0.1) is 0 Å². The van der Waals surface area contributed by atoms with E-state index in [0.717, 1.165) is 11.4 Å². The highest BCUT2D eigenvalue weighted by atomic mass is 19.1. The Labute approximate surface area is 112 Å². The maximum atomic E-state index is 13.6. The summed E-state index contributed by atoms with van der Waals surface area (Å²) in [4.78, 5) is 10.5. The van der Waals surface area contributed by atoms with Crippen molar-refractivity contribution >= 4 is 11.8 Å². The fourth-order valence-corrected chi connectivity index (χ4v) is 1.90. The van der Waals surface area contributed by atoms with E-state index < -0.39 is 0 Å². The second-order valence-electron chi connectivity index (χ2n) is 4.40. The van der Waals surface area contributed by atoms with Gasteiger partial charge in [-0.05, 0) is 13.0 Å². The largest absolute Gasteiger partial charge is 0.357 e. The molecule has 5 heteroatoms. The summed E-state index contributed by atoms with van der Waals surface area (Å²) in [5, 5.41) is 2.90. The summed E-state index contributed by atoms with van der Waals surface area (Å²) in [6.45, 7) is 2.40. The summed E-state index contributed by atoms with van der Waals surface area (Å²) in [6.07, 6.45) is 1.76. The van der Waals surface area contributed by atoms with Gasteiger partial charge in [-0.25, -0.2) is 9.37 Å². The molecule has 0 fully saturated rings. The number of hydrogen-bond acceptors (Lipinski definition) is 4. The SMILES string of the molecule is CNc1ncc(C)c(N(C)Cc2ccccc2F)n1. The molecule has 1 aromatic carbocycles. The minimum atomic E-state index is -0.199. The highest BCUT2D eigenvalue weighted by molar-refractivity contribution is 5.48. The quantitative estimate of drug-likeness (QED) is 0.917. The van der Waals surface area contributed by atoms with Crippen molar-refractivity contribution in [2.24, 2.45) is 0 Å². The van der Waals surface area contributed by atoms with E-state index in [4.69, 9.17) is 0 Å². The van der Waals surface area contributed by atoms with Crippen LogP contribution in [0, 0.1) is 12.7 Å². The van der Waals surface area contributed by atoms with Crippen LogP contribution in [0.5, 0.6) is 0 Å². The van der Waals surface area contributed by atoms with Gasteiger partial charge in [0.25, 0.3) is 0 Å². The summed E-state index contributed by atoms with van der Waals surface area (Å²) in [6, 6.07) is 6.77. The third-order valence-electron chi connectivity index (χ3n) is 2.90. The molecule has 0 atom stereocenters. The number of halogens is 1. The third-order valence-corrected chi connectivity index (χ3v) is 2.90. The number of nitrogens with one attached hydrogen (secondary N) is 1. The highest BCUT2D eigenvalue weighted by Crippen LogP contribution is 2.19. The molecule has 0 aliphatic carbocycles. The van der Waals surface area contributed by atoms with Gasteiger partial charge >= 0.3 is 0 Å². The van der Waals surface area contributed by atoms with Gasteiger partial charge < -0.3 is 10.2 Å². The van der Waals surface area contributed by atoms with Crippen LogP contribution in [0.3, 0.4) is 0 Å². The fourth-order valence-electron chi connectivity index (χ4n) is 1.90. The molecule has 2 rings (SSSR count). The molecule has 1 N–H and O–H groups in total. The Kier molecular flexibility index (Phi) is 3.94. The maximum absolute atomic E-state index is 13.6. The van der Waals surface area contributed by atoms with Crippen molar-refractivity contribution < 1.29 is 4.39 Å². The maximum Gasteiger partial charge on any atom is 0.224 e. The van der Waals surface area contributed by atoms with Crippen LogP contribution < -0.4 is 10.2 Å². The van der Waals surface area contributed by atoms with Crippen molar-refractivity contribution in [2.45, 2.75) is 13.5 Å². The molecule has 0 saturated heterocycles. The van der Waals surface area contributed by atoms with Crippen LogP contribution in [0.4, 0.5) is 16.2 Å². The molecule has 2 aromatic rings. The predicted octanol–water partition coefficient (Wildman–Crippen LogP) is 2.60. The summed E-state index contributed by atoms with van der Waals surface area (Å²) in [7, 11) is 3.66. The van der Waals surface area contributed by atoms with Crippen molar-refractivity contribution in [3.63, 3.8) is 0 Å². The Morgan fingerprint density at radius 1 is 1.32 bits per heavy atom. The van der Waals surface area contributed by atoms with Crippen molar-refractivity contribution in [1.29, 1.82) is 0 Å². The number of rotatable bonds is 4. The van der Waals surface area contributed by atoms with Gasteiger partial charge in [0.15, 0.2) is 0 Å². The van der Waals surface area contributed by atoms with Gasteiger partial charge in [-0.1, -0.05) is 18.2 Å². The van der Waals surface area contributed by atoms with E-state index in [9.17, 15) is 4.39 Å². The van der Waals surface area contributed by atoms with Crippen LogP contribution >= 0.6 is 0 Å². The molecule has 1 aromatic heterocycles. The van der Waals surface area contributed by atoms with Gasteiger partial charge in [0, 0.05) is 38.0 Å². The number of aromatic nitrogens is 2. The predicted molar refractivity (Wildman–Crippen MR) is 74.8 cm³/mol. The molecule has 0 spiro atoms. The van der Waals surface area contributed by atoms with Crippen molar-refractivity contribution in [2.75, 3.05) is 24.3 Å². The van der Waals surface area contributed by atoms with Crippen LogP contribution in [0.2, 0.25) is 0 Å². The zero-order chi connectivity index (χ0) is 13.8. The number of nitrogens with zero attached hydrogens (tertiary/aromatic N) is 3. The Hall–Kier alpha value is -2.17. The van der Waals surface area contributed by atoms with Crippen LogP contribution in [0.25, 0.3) is 0 Å². The highest BCUT2D eigenvalue weighted by Gasteiger charge is 2.10. The number of aryl methyl sites for hydroxylation is 1. The number of benzene rings is 1. The van der Waals surface area contributed by atoms with Crippen LogP contribution in [0.1, 0.15) is 11.1 Å². The minimum Gasteiger partial charge on any atom is -0.357 e. The monoisotopic (exact) mass is 260 g/mol. The molecular formula is C14H17FN4. The van der Waals surface area contributed by atoms with Crippen molar-refractivity contribution in [3.05, 3.63) is 47.4 Å². The normalized spacial score (nSPS) is 10.3. The summed E-state index contributed by atoms with van der Waals surface area (Å²) in [5.41, 5.74) is 1.60. The molecule has 1 heterocycles. The first-order valence-electron chi connectivity index (χ1n) is 6.07. The fraction of sp³-hybridized carbons (Fsp3) is 0.286. The van der Waals surface area contributed by atoms with Gasteiger partial charge in [0.2, 0.25) is 5.95 Å². The van der Waals surface area contributed by atoms with E-state index in [1.165, 1.54) is 6.07 Å². The van der Waals surface area contributed by atoms with E-state index in [2.05, 4.69) is 15.3 Å². The Balaban J connectivity index is 2.25. The average Bonchev–Trinajstić information content (AvgIpc) is 2.42. The van der Waals surface area contributed by atoms with E-state index in [0.29, 0.717) is 18.1 Å². The molecule has 100 valence electrons. The molecule has 4 nitrogen and oxygen atoms in total. The molecule has 0 saturated carbocycles. The summed E-state index contributed by atoms with van der Waals surface area (Å²) >= 11 is 0. The topological polar surface area (TPSA) is 41.1 Å². The van der Waals surface area contributed by atoms with Gasteiger partial charge in [-0.3, -0.25) is 0 Å². The zero-order valence-corrected chi connectivity index (χ0v) is 11.3. The van der Waals surface area contributed by atoms with Gasteiger partial charge in [-0.2, -0.15) is 4.98 Å². The molecule has 0 radical (unpaired) electrons. The molecule has 0 aliphatic heterocycles. The first-order valence-corrected chi connectivity index (χ1v) is 6.07. The Morgan fingerprint density at radius 2 is 2.05 bits per heavy atom. The standard InChI is InChI=1S/C14H17FN4/c1-10-8-17-14(16-2)18-13(10)19(3)9-11-6-4-5-7-12(11)15/h4-8H,9H2,1-3H3,(H,16,17,18). The molecule has 0 amide bonds. The van der Waals surface area contributed by atoms with Crippen molar-refractivity contribution in [3.8, 4) is 0 Å². The van der Waals surface area contributed by atoms with Gasteiger partial charge in [0.1, 0.15) is 11.6 Å². The number of hydrogen-bond donors (Lipinski definition) is 1. The lowest BCUT2D eigenvalue weighted by atomic mass is 10.2. The van der Waals surface area contributed by atoms with Crippen LogP contribution in [0.15, 0.2) is 30.5 Å². The Bertz CT molecular complexity index is 571. The second kappa shape index (κ2) is 5.65. The molecular weight excluding hydrogens is 243 g/mol. The zero-order valence-electron chi connectivity index (χ0n) is 11.3. The molecule has 19 heavy (non-hydrogen) atoms. The van der Waals surface area contributed by atoms with Crippen LogP contribution in [-0.2, 0) is 6.54 Å². The summed E-state index contributed by atoms with van der Waals surface area (Å²) < 4.78 is 13.6. The minimum absolute atomic E-state index is 0.199. The van der Waals surface area contributed by atoms with E-state index in [1.54, 1.807) is 25.4 Å². The lowest BCUT2D eigenvalue weighted by Gasteiger charge is -2.20. The average molecular weight is 260 g/mol. The first kappa shape index (κ1) is 13.3. The van der Waals surface area contributed by atoms with E-state index in [1.807, 2.05) is 24.9 Å². The summed E-state index contributed by atoms with van der Waals surface area (Å²) in [5.74, 6) is 1.15. The van der Waals surface area contributed by atoms with Gasteiger partial charge in [-0.15, -0.1) is 0 Å². The molecule has 0 bridgehead atoms. The van der Waals surface area contributed by atoms with E-state index in [-0.39, 0.29) is 5.82 Å².